The molecule has 0 aliphatic rings. The first-order valence-electron chi connectivity index (χ1n) is 5.84. The first kappa shape index (κ1) is 13.3. The lowest BCUT2D eigenvalue weighted by atomic mass is 10.3. The molecule has 0 fully saturated rings. The second-order valence-electron chi connectivity index (χ2n) is 3.80. The number of likely N-dealkylation sites (N-methyl/N-ethyl adjacent to an activating group) is 1. The van der Waals surface area contributed by atoms with Gasteiger partial charge in [-0.25, -0.2) is 15.0 Å². The van der Waals surface area contributed by atoms with Gasteiger partial charge < -0.3 is 15.0 Å². The van der Waals surface area contributed by atoms with Crippen LogP contribution in [0, 0.1) is 0 Å². The third kappa shape index (κ3) is 3.18. The Morgan fingerprint density at radius 1 is 1.44 bits per heavy atom. The van der Waals surface area contributed by atoms with Gasteiger partial charge in [-0.2, -0.15) is 0 Å². The van der Waals surface area contributed by atoms with Crippen LogP contribution in [0.1, 0.15) is 6.92 Å². The van der Waals surface area contributed by atoms with Crippen molar-refractivity contribution in [3.8, 4) is 0 Å². The average molecular weight is 267 g/mol. The van der Waals surface area contributed by atoms with Gasteiger partial charge in [-0.3, -0.25) is 0 Å². The Morgan fingerprint density at radius 2 is 2.33 bits per heavy atom. The molecule has 2 aromatic rings. The van der Waals surface area contributed by atoms with E-state index in [1.54, 1.807) is 31.5 Å². The van der Waals surface area contributed by atoms with Crippen LogP contribution in [0.25, 0.3) is 11.2 Å². The number of nitrogens with one attached hydrogen (secondary N) is 2. The molecule has 0 aliphatic carbocycles. The predicted molar refractivity (Wildman–Crippen MR) is 71.7 cm³/mol. The number of ether oxygens (including phenoxy) is 1. The molecule has 0 saturated carbocycles. The predicted octanol–water partition coefficient (Wildman–Crippen LogP) is 1.07. The number of thioether (sulfide) groups is 1. The summed E-state index contributed by atoms with van der Waals surface area (Å²) in [5.41, 5.74) is 1.61. The van der Waals surface area contributed by atoms with Gasteiger partial charge in [-0.05, 0) is 6.54 Å². The molecule has 1 atom stereocenters. The van der Waals surface area contributed by atoms with E-state index in [1.165, 1.54) is 0 Å². The maximum atomic E-state index is 5.19. The quantitative estimate of drug-likeness (QED) is 0.577. The highest BCUT2D eigenvalue weighted by Crippen LogP contribution is 2.22. The molecule has 6 nitrogen and oxygen atoms in total. The molecule has 0 amide bonds. The fourth-order valence-corrected chi connectivity index (χ4v) is 2.68. The normalized spacial score (nSPS) is 13.0. The maximum absolute atomic E-state index is 5.19. The Labute approximate surface area is 110 Å². The van der Waals surface area contributed by atoms with Crippen LogP contribution in [-0.4, -0.2) is 52.0 Å². The summed E-state index contributed by atoms with van der Waals surface area (Å²) < 4.78 is 5.19. The smallest absolute Gasteiger partial charge is 0.181 e. The SMILES string of the molecule is CCNC(COC)CSc1ncnc2nc[nH]c12. The zero-order valence-corrected chi connectivity index (χ0v) is 11.3. The third-order valence-electron chi connectivity index (χ3n) is 2.47. The molecular formula is C11H17N5OS. The van der Waals surface area contributed by atoms with Gasteiger partial charge in [-0.15, -0.1) is 11.8 Å². The van der Waals surface area contributed by atoms with Gasteiger partial charge in [0, 0.05) is 18.9 Å². The highest BCUT2D eigenvalue weighted by Gasteiger charge is 2.11. The van der Waals surface area contributed by atoms with Gasteiger partial charge in [0.25, 0.3) is 0 Å². The minimum Gasteiger partial charge on any atom is -0.383 e. The second-order valence-corrected chi connectivity index (χ2v) is 4.81. The fourth-order valence-electron chi connectivity index (χ4n) is 1.69. The summed E-state index contributed by atoms with van der Waals surface area (Å²) in [5.74, 6) is 0.896. The van der Waals surface area contributed by atoms with Crippen LogP contribution in [0.5, 0.6) is 0 Å². The number of methoxy groups -OCH3 is 1. The van der Waals surface area contributed by atoms with Gasteiger partial charge in [0.05, 0.1) is 12.9 Å². The summed E-state index contributed by atoms with van der Waals surface area (Å²) in [6.07, 6.45) is 3.18. The molecule has 0 saturated heterocycles. The number of fused-ring (bicyclic) bond motifs is 1. The van der Waals surface area contributed by atoms with Crippen molar-refractivity contribution in [1.29, 1.82) is 0 Å². The standard InChI is InChI=1S/C11H17N5OS/c1-3-12-8(4-17-2)5-18-11-9-10(14-6-13-9)15-7-16-11/h6-8,12H,3-5H2,1-2H3,(H,13,14,15,16). The number of aromatic nitrogens is 4. The Kier molecular flexibility index (Phi) is 4.91. The van der Waals surface area contributed by atoms with Gasteiger partial charge in [0.2, 0.25) is 0 Å². The molecule has 0 aromatic carbocycles. The van der Waals surface area contributed by atoms with Crippen molar-refractivity contribution in [2.24, 2.45) is 0 Å². The Bertz CT molecular complexity index is 483. The highest BCUT2D eigenvalue weighted by molar-refractivity contribution is 7.99. The van der Waals surface area contributed by atoms with Crippen molar-refractivity contribution in [1.82, 2.24) is 25.3 Å². The van der Waals surface area contributed by atoms with Gasteiger partial charge in [-0.1, -0.05) is 6.92 Å². The molecule has 2 heterocycles. The summed E-state index contributed by atoms with van der Waals surface area (Å²) >= 11 is 1.68. The number of nitrogens with zero attached hydrogens (tertiary/aromatic N) is 3. The molecule has 18 heavy (non-hydrogen) atoms. The number of aromatic amines is 1. The molecule has 0 spiro atoms. The summed E-state index contributed by atoms with van der Waals surface area (Å²) in [5, 5.41) is 4.31. The summed E-state index contributed by atoms with van der Waals surface area (Å²) in [6, 6.07) is 0.318. The van der Waals surface area contributed by atoms with E-state index in [-0.39, 0.29) is 0 Å². The minimum atomic E-state index is 0.318. The number of imidazole rings is 1. The zero-order valence-electron chi connectivity index (χ0n) is 10.5. The van der Waals surface area contributed by atoms with Crippen LogP contribution >= 0.6 is 11.8 Å². The van der Waals surface area contributed by atoms with Crippen molar-refractivity contribution in [3.63, 3.8) is 0 Å². The van der Waals surface area contributed by atoms with Crippen LogP contribution < -0.4 is 5.32 Å². The monoisotopic (exact) mass is 267 g/mol. The van der Waals surface area contributed by atoms with E-state index in [2.05, 4.69) is 32.2 Å². The second kappa shape index (κ2) is 6.67. The van der Waals surface area contributed by atoms with E-state index in [4.69, 9.17) is 4.74 Å². The van der Waals surface area contributed by atoms with E-state index in [0.29, 0.717) is 18.3 Å². The Hall–Kier alpha value is -1.18. The van der Waals surface area contributed by atoms with E-state index in [9.17, 15) is 0 Å². The fraction of sp³-hybridized carbons (Fsp3) is 0.545. The average Bonchev–Trinajstić information content (AvgIpc) is 2.85. The lowest BCUT2D eigenvalue weighted by Gasteiger charge is -2.15. The first-order chi connectivity index (χ1) is 8.85. The molecule has 1 unspecified atom stereocenters. The summed E-state index contributed by atoms with van der Waals surface area (Å²) in [7, 11) is 1.72. The van der Waals surface area contributed by atoms with Crippen molar-refractivity contribution in [2.45, 2.75) is 18.0 Å². The topological polar surface area (TPSA) is 75.7 Å². The molecule has 98 valence electrons. The van der Waals surface area contributed by atoms with Gasteiger partial charge in [0.1, 0.15) is 16.9 Å². The molecule has 0 bridgehead atoms. The van der Waals surface area contributed by atoms with Crippen LogP contribution in [0.4, 0.5) is 0 Å². The van der Waals surface area contributed by atoms with E-state index in [0.717, 1.165) is 22.8 Å². The van der Waals surface area contributed by atoms with Gasteiger partial charge >= 0.3 is 0 Å². The molecule has 2 aromatic heterocycles. The molecule has 2 rings (SSSR count). The molecule has 0 radical (unpaired) electrons. The van der Waals surface area contributed by atoms with E-state index in [1.807, 2.05) is 0 Å². The molecule has 0 aliphatic heterocycles. The first-order valence-corrected chi connectivity index (χ1v) is 6.83. The highest BCUT2D eigenvalue weighted by atomic mass is 32.2. The molecular weight excluding hydrogens is 250 g/mol. The lowest BCUT2D eigenvalue weighted by Crippen LogP contribution is -2.35. The van der Waals surface area contributed by atoms with Crippen molar-refractivity contribution < 1.29 is 4.74 Å². The van der Waals surface area contributed by atoms with E-state index < -0.39 is 0 Å². The van der Waals surface area contributed by atoms with Gasteiger partial charge in [0.15, 0.2) is 5.65 Å². The Morgan fingerprint density at radius 3 is 3.11 bits per heavy atom. The van der Waals surface area contributed by atoms with Crippen molar-refractivity contribution in [2.75, 3.05) is 26.0 Å². The van der Waals surface area contributed by atoms with Crippen LogP contribution in [0.2, 0.25) is 0 Å². The number of hydrogen-bond acceptors (Lipinski definition) is 6. The lowest BCUT2D eigenvalue weighted by molar-refractivity contribution is 0.174. The van der Waals surface area contributed by atoms with Crippen molar-refractivity contribution >= 4 is 22.9 Å². The Balaban J connectivity index is 2.02. The van der Waals surface area contributed by atoms with E-state index >= 15 is 0 Å². The number of rotatable bonds is 7. The zero-order chi connectivity index (χ0) is 12.8. The third-order valence-corrected chi connectivity index (χ3v) is 3.62. The maximum Gasteiger partial charge on any atom is 0.181 e. The largest absolute Gasteiger partial charge is 0.383 e. The number of hydrogen-bond donors (Lipinski definition) is 2. The van der Waals surface area contributed by atoms with Crippen LogP contribution in [0.15, 0.2) is 17.7 Å². The molecule has 2 N–H and O–H groups in total. The van der Waals surface area contributed by atoms with Crippen LogP contribution in [0.3, 0.4) is 0 Å². The molecule has 7 heteroatoms. The van der Waals surface area contributed by atoms with Crippen LogP contribution in [-0.2, 0) is 4.74 Å². The summed E-state index contributed by atoms with van der Waals surface area (Å²) in [4.78, 5) is 15.6. The van der Waals surface area contributed by atoms with Crippen molar-refractivity contribution in [3.05, 3.63) is 12.7 Å². The minimum absolute atomic E-state index is 0.318. The summed E-state index contributed by atoms with van der Waals surface area (Å²) in [6.45, 7) is 3.71. The number of H-pyrrole nitrogens is 1.